The minimum absolute atomic E-state index is 0.243. The highest BCUT2D eigenvalue weighted by atomic mass is 16.5. The van der Waals surface area contributed by atoms with Crippen molar-refractivity contribution >= 4 is 11.7 Å². The van der Waals surface area contributed by atoms with E-state index < -0.39 is 0 Å². The first kappa shape index (κ1) is 15.3. The fraction of sp³-hybridized carbons (Fsp3) is 0.500. The Bertz CT molecular complexity index is 364. The van der Waals surface area contributed by atoms with E-state index in [0.717, 1.165) is 12.8 Å². The fourth-order valence-corrected chi connectivity index (χ4v) is 1.42. The highest BCUT2D eigenvalue weighted by molar-refractivity contribution is 5.69. The predicted molar refractivity (Wildman–Crippen MR) is 73.0 cm³/mol. The first-order valence-electron chi connectivity index (χ1n) is 6.35. The van der Waals surface area contributed by atoms with Gasteiger partial charge < -0.3 is 19.9 Å². The third-order valence-corrected chi connectivity index (χ3v) is 2.46. The SMILES string of the molecule is COCCCCOC(=O)CCOc1ccc(N)cc1. The number of unbranched alkanes of at least 4 members (excludes halogenated alkanes) is 1. The Balaban J connectivity index is 2.05. The van der Waals surface area contributed by atoms with Crippen LogP contribution in [0, 0.1) is 0 Å². The molecule has 0 bridgehead atoms. The van der Waals surface area contributed by atoms with Gasteiger partial charge in [-0.1, -0.05) is 0 Å². The lowest BCUT2D eigenvalue weighted by Crippen LogP contribution is -2.11. The zero-order chi connectivity index (χ0) is 13.9. The molecule has 0 aliphatic rings. The van der Waals surface area contributed by atoms with Gasteiger partial charge in [-0.15, -0.1) is 0 Å². The number of methoxy groups -OCH3 is 1. The van der Waals surface area contributed by atoms with Gasteiger partial charge in [0.05, 0.1) is 19.6 Å². The Morgan fingerprint density at radius 1 is 1.11 bits per heavy atom. The van der Waals surface area contributed by atoms with E-state index in [9.17, 15) is 4.79 Å². The molecule has 0 unspecified atom stereocenters. The molecule has 0 aliphatic heterocycles. The molecule has 0 aliphatic carbocycles. The van der Waals surface area contributed by atoms with Gasteiger partial charge in [0.2, 0.25) is 0 Å². The lowest BCUT2D eigenvalue weighted by molar-refractivity contribution is -0.144. The Morgan fingerprint density at radius 2 is 1.79 bits per heavy atom. The van der Waals surface area contributed by atoms with Crippen LogP contribution in [0.4, 0.5) is 5.69 Å². The van der Waals surface area contributed by atoms with E-state index in [0.29, 0.717) is 31.3 Å². The zero-order valence-electron chi connectivity index (χ0n) is 11.3. The number of anilines is 1. The summed E-state index contributed by atoms with van der Waals surface area (Å²) in [6.07, 6.45) is 1.96. The van der Waals surface area contributed by atoms with E-state index in [-0.39, 0.29) is 12.4 Å². The number of esters is 1. The molecule has 2 N–H and O–H groups in total. The summed E-state index contributed by atoms with van der Waals surface area (Å²) in [4.78, 5) is 11.4. The van der Waals surface area contributed by atoms with E-state index in [1.807, 2.05) is 0 Å². The van der Waals surface area contributed by atoms with Crippen LogP contribution in [0.5, 0.6) is 5.75 Å². The molecular formula is C14H21NO4. The second-order valence-electron chi connectivity index (χ2n) is 4.09. The molecule has 0 saturated carbocycles. The maximum absolute atomic E-state index is 11.4. The Kier molecular flexibility index (Phi) is 7.43. The van der Waals surface area contributed by atoms with Crippen molar-refractivity contribution in [2.75, 3.05) is 32.7 Å². The quantitative estimate of drug-likeness (QED) is 0.421. The van der Waals surface area contributed by atoms with E-state index >= 15 is 0 Å². The van der Waals surface area contributed by atoms with Crippen molar-refractivity contribution in [1.29, 1.82) is 0 Å². The van der Waals surface area contributed by atoms with Crippen LogP contribution in [0.3, 0.4) is 0 Å². The van der Waals surface area contributed by atoms with Crippen LogP contribution in [0.1, 0.15) is 19.3 Å². The predicted octanol–water partition coefficient (Wildman–Crippen LogP) is 2.01. The molecule has 0 fully saturated rings. The van der Waals surface area contributed by atoms with Crippen LogP contribution in [0.2, 0.25) is 0 Å². The number of ether oxygens (including phenoxy) is 3. The number of carbonyl (C=O) groups is 1. The highest BCUT2D eigenvalue weighted by Crippen LogP contribution is 2.13. The minimum atomic E-state index is -0.243. The minimum Gasteiger partial charge on any atom is -0.493 e. The van der Waals surface area contributed by atoms with Crippen molar-refractivity contribution in [1.82, 2.24) is 0 Å². The molecule has 5 heteroatoms. The van der Waals surface area contributed by atoms with Gasteiger partial charge in [-0.2, -0.15) is 0 Å². The first-order valence-corrected chi connectivity index (χ1v) is 6.35. The molecule has 0 radical (unpaired) electrons. The number of rotatable bonds is 9. The van der Waals surface area contributed by atoms with Crippen molar-refractivity contribution in [3.8, 4) is 5.75 Å². The second-order valence-corrected chi connectivity index (χ2v) is 4.09. The molecule has 1 aromatic carbocycles. The number of hydrogen-bond acceptors (Lipinski definition) is 5. The highest BCUT2D eigenvalue weighted by Gasteiger charge is 2.03. The van der Waals surface area contributed by atoms with Gasteiger partial charge in [0.1, 0.15) is 5.75 Å². The van der Waals surface area contributed by atoms with Gasteiger partial charge in [-0.3, -0.25) is 4.79 Å². The molecule has 0 spiro atoms. The topological polar surface area (TPSA) is 70.8 Å². The summed E-state index contributed by atoms with van der Waals surface area (Å²) in [7, 11) is 1.65. The van der Waals surface area contributed by atoms with Crippen LogP contribution < -0.4 is 10.5 Å². The molecule has 0 amide bonds. The summed E-state index contributed by atoms with van der Waals surface area (Å²) in [6.45, 7) is 1.43. The number of hydrogen-bond donors (Lipinski definition) is 1. The summed E-state index contributed by atoms with van der Waals surface area (Å²) in [5.74, 6) is 0.454. The maximum atomic E-state index is 11.4. The standard InChI is InChI=1S/C14H21NO4/c1-17-9-2-3-10-19-14(16)8-11-18-13-6-4-12(15)5-7-13/h4-7H,2-3,8-11,15H2,1H3. The molecule has 0 saturated heterocycles. The largest absolute Gasteiger partial charge is 0.493 e. The first-order chi connectivity index (χ1) is 9.22. The van der Waals surface area contributed by atoms with Gasteiger partial charge in [0.25, 0.3) is 0 Å². The molecular weight excluding hydrogens is 246 g/mol. The van der Waals surface area contributed by atoms with E-state index in [2.05, 4.69) is 0 Å². The maximum Gasteiger partial charge on any atom is 0.309 e. The molecule has 106 valence electrons. The van der Waals surface area contributed by atoms with E-state index in [4.69, 9.17) is 19.9 Å². The molecule has 19 heavy (non-hydrogen) atoms. The normalized spacial score (nSPS) is 10.2. The summed E-state index contributed by atoms with van der Waals surface area (Å²) in [5.41, 5.74) is 6.24. The number of nitrogen functional groups attached to an aromatic ring is 1. The molecule has 1 rings (SSSR count). The lowest BCUT2D eigenvalue weighted by atomic mass is 10.3. The van der Waals surface area contributed by atoms with Gasteiger partial charge in [-0.25, -0.2) is 0 Å². The fourth-order valence-electron chi connectivity index (χ4n) is 1.42. The number of nitrogens with two attached hydrogens (primary N) is 1. The Hall–Kier alpha value is -1.75. The van der Waals surface area contributed by atoms with E-state index in [1.54, 1.807) is 31.4 Å². The molecule has 0 heterocycles. The smallest absolute Gasteiger partial charge is 0.309 e. The average molecular weight is 267 g/mol. The number of carbonyl (C=O) groups excluding carboxylic acids is 1. The summed E-state index contributed by atoms with van der Waals surface area (Å²) in [6, 6.07) is 7.05. The van der Waals surface area contributed by atoms with Gasteiger partial charge in [-0.05, 0) is 37.1 Å². The van der Waals surface area contributed by atoms with Gasteiger partial charge in [0, 0.05) is 19.4 Å². The zero-order valence-corrected chi connectivity index (χ0v) is 11.3. The lowest BCUT2D eigenvalue weighted by Gasteiger charge is -2.07. The third-order valence-electron chi connectivity index (χ3n) is 2.46. The van der Waals surface area contributed by atoms with Crippen molar-refractivity contribution < 1.29 is 19.0 Å². The average Bonchev–Trinajstić information content (AvgIpc) is 2.41. The molecule has 1 aromatic rings. The summed E-state index contributed by atoms with van der Waals surface area (Å²) < 4.78 is 15.4. The third kappa shape index (κ3) is 7.31. The van der Waals surface area contributed by atoms with Crippen molar-refractivity contribution in [3.05, 3.63) is 24.3 Å². The van der Waals surface area contributed by atoms with Crippen molar-refractivity contribution in [2.24, 2.45) is 0 Å². The van der Waals surface area contributed by atoms with Crippen molar-refractivity contribution in [3.63, 3.8) is 0 Å². The molecule has 0 aromatic heterocycles. The number of benzene rings is 1. The van der Waals surface area contributed by atoms with Crippen LogP contribution >= 0.6 is 0 Å². The van der Waals surface area contributed by atoms with E-state index in [1.165, 1.54) is 0 Å². The van der Waals surface area contributed by atoms with Crippen molar-refractivity contribution in [2.45, 2.75) is 19.3 Å². The summed E-state index contributed by atoms with van der Waals surface area (Å²) >= 11 is 0. The van der Waals surface area contributed by atoms with Gasteiger partial charge >= 0.3 is 5.97 Å². The van der Waals surface area contributed by atoms with Gasteiger partial charge in [0.15, 0.2) is 0 Å². The van der Waals surface area contributed by atoms with Crippen LogP contribution in [0.25, 0.3) is 0 Å². The Labute approximate surface area is 113 Å². The van der Waals surface area contributed by atoms with Crippen LogP contribution in [-0.4, -0.2) is 32.9 Å². The molecule has 5 nitrogen and oxygen atoms in total. The Morgan fingerprint density at radius 3 is 2.47 bits per heavy atom. The monoisotopic (exact) mass is 267 g/mol. The van der Waals surface area contributed by atoms with Crippen LogP contribution in [0.15, 0.2) is 24.3 Å². The summed E-state index contributed by atoms with van der Waals surface area (Å²) in [5, 5.41) is 0. The second kappa shape index (κ2) is 9.22. The molecule has 0 atom stereocenters. The van der Waals surface area contributed by atoms with Crippen LogP contribution in [-0.2, 0) is 14.3 Å².